The highest BCUT2D eigenvalue weighted by Gasteiger charge is 2.42. The lowest BCUT2D eigenvalue weighted by Crippen LogP contribution is -2.50. The zero-order valence-electron chi connectivity index (χ0n) is 20.3. The van der Waals surface area contributed by atoms with Gasteiger partial charge in [-0.05, 0) is 55.7 Å². The van der Waals surface area contributed by atoms with E-state index in [2.05, 4.69) is 32.4 Å². The molecule has 5 rings (SSSR count). The van der Waals surface area contributed by atoms with Crippen molar-refractivity contribution in [2.75, 3.05) is 17.6 Å². The molecule has 0 saturated carbocycles. The Morgan fingerprint density at radius 1 is 1.14 bits per heavy atom. The van der Waals surface area contributed by atoms with E-state index in [9.17, 15) is 4.79 Å². The van der Waals surface area contributed by atoms with Gasteiger partial charge in [-0.1, -0.05) is 31.5 Å². The molecule has 2 aromatic carbocycles. The number of hydrogen-bond donors (Lipinski definition) is 4. The van der Waals surface area contributed by atoms with Crippen LogP contribution in [0.3, 0.4) is 0 Å². The molecule has 2 fully saturated rings. The van der Waals surface area contributed by atoms with Crippen LogP contribution in [0.15, 0.2) is 60.9 Å². The summed E-state index contributed by atoms with van der Waals surface area (Å²) in [6, 6.07) is 16.9. The van der Waals surface area contributed by atoms with E-state index in [4.69, 9.17) is 15.9 Å². The lowest BCUT2D eigenvalue weighted by molar-refractivity contribution is -0.121. The molecular weight excluding hydrogens is 454 g/mol. The van der Waals surface area contributed by atoms with Gasteiger partial charge in [0.15, 0.2) is 0 Å². The zero-order chi connectivity index (χ0) is 25.1. The molecule has 0 bridgehead atoms. The summed E-state index contributed by atoms with van der Waals surface area (Å²) >= 11 is 0. The van der Waals surface area contributed by atoms with Crippen LogP contribution >= 0.6 is 0 Å². The smallest absolute Gasteiger partial charge is 0.238 e. The second kappa shape index (κ2) is 10.3. The highest BCUT2D eigenvalue weighted by molar-refractivity contribution is 6.16. The predicted octanol–water partition coefficient (Wildman–Crippen LogP) is 3.77. The number of nitrogens with one attached hydrogen (secondary N) is 3. The molecule has 0 radical (unpaired) electrons. The first kappa shape index (κ1) is 23.7. The first-order chi connectivity index (χ1) is 17.5. The number of hydrogen-bond acceptors (Lipinski definition) is 8. The van der Waals surface area contributed by atoms with E-state index in [-0.39, 0.29) is 35.7 Å². The van der Waals surface area contributed by atoms with Crippen molar-refractivity contribution >= 4 is 23.3 Å². The number of carbonyl (C=O) groups excluding carboxylic acids is 1. The van der Waals surface area contributed by atoms with Crippen molar-refractivity contribution in [3.05, 3.63) is 72.1 Å². The third-order valence-corrected chi connectivity index (χ3v) is 6.78. The van der Waals surface area contributed by atoms with E-state index in [0.29, 0.717) is 22.7 Å². The molecule has 9 heteroatoms. The van der Waals surface area contributed by atoms with Gasteiger partial charge in [-0.25, -0.2) is 9.97 Å². The maximum atomic E-state index is 12.4. The van der Waals surface area contributed by atoms with E-state index >= 15 is 0 Å². The number of carbonyl (C=O) groups is 1. The number of nitrogen functional groups attached to an aromatic ring is 1. The van der Waals surface area contributed by atoms with Crippen molar-refractivity contribution in [2.45, 2.75) is 50.9 Å². The average molecular weight is 486 g/mol. The third-order valence-electron chi connectivity index (χ3n) is 6.78. The molecule has 36 heavy (non-hydrogen) atoms. The SMILES string of the molecule is CCCC1C(=O)NC2CCC(Nc3ncnc(N)c3C(=N)c3ccc(Oc4ccccc4)cc3)CN21. The maximum Gasteiger partial charge on any atom is 0.238 e. The van der Waals surface area contributed by atoms with Crippen LogP contribution in [-0.4, -0.2) is 51.3 Å². The van der Waals surface area contributed by atoms with Gasteiger partial charge in [-0.2, -0.15) is 0 Å². The molecule has 1 aromatic heterocycles. The van der Waals surface area contributed by atoms with Gasteiger partial charge in [0.2, 0.25) is 5.91 Å². The summed E-state index contributed by atoms with van der Waals surface area (Å²) in [7, 11) is 0. The number of anilines is 2. The topological polar surface area (TPSA) is 129 Å². The minimum atomic E-state index is -0.0885. The molecule has 0 spiro atoms. The second-order valence-electron chi connectivity index (χ2n) is 9.24. The van der Waals surface area contributed by atoms with Gasteiger partial charge in [-0.3, -0.25) is 15.1 Å². The highest BCUT2D eigenvalue weighted by Crippen LogP contribution is 2.29. The van der Waals surface area contributed by atoms with Crippen molar-refractivity contribution in [1.29, 1.82) is 5.41 Å². The molecule has 2 aliphatic heterocycles. The quantitative estimate of drug-likeness (QED) is 0.358. The molecule has 9 nitrogen and oxygen atoms in total. The Bertz CT molecular complexity index is 1230. The van der Waals surface area contributed by atoms with Gasteiger partial charge >= 0.3 is 0 Å². The summed E-state index contributed by atoms with van der Waals surface area (Å²) in [5.74, 6) is 2.33. The fraction of sp³-hybridized carbons (Fsp3) is 0.333. The number of nitrogens with two attached hydrogens (primary N) is 1. The second-order valence-corrected chi connectivity index (χ2v) is 9.24. The van der Waals surface area contributed by atoms with Crippen LogP contribution in [0.2, 0.25) is 0 Å². The van der Waals surface area contributed by atoms with Gasteiger partial charge in [0, 0.05) is 18.2 Å². The minimum Gasteiger partial charge on any atom is -0.457 e. The van der Waals surface area contributed by atoms with E-state index < -0.39 is 0 Å². The van der Waals surface area contributed by atoms with Gasteiger partial charge in [0.05, 0.1) is 23.5 Å². The van der Waals surface area contributed by atoms with Gasteiger partial charge in [-0.15, -0.1) is 0 Å². The minimum absolute atomic E-state index is 0.0794. The van der Waals surface area contributed by atoms with Crippen molar-refractivity contribution in [1.82, 2.24) is 20.2 Å². The molecule has 3 unspecified atom stereocenters. The molecule has 5 N–H and O–H groups in total. The summed E-state index contributed by atoms with van der Waals surface area (Å²) in [6.07, 6.45) is 5.05. The van der Waals surface area contributed by atoms with Crippen LogP contribution in [0.1, 0.15) is 43.7 Å². The van der Waals surface area contributed by atoms with E-state index in [1.807, 2.05) is 54.6 Å². The molecular formula is C27H31N7O2. The summed E-state index contributed by atoms with van der Waals surface area (Å²) in [6.45, 7) is 2.82. The van der Waals surface area contributed by atoms with Crippen molar-refractivity contribution < 1.29 is 9.53 Å². The van der Waals surface area contributed by atoms with E-state index in [1.54, 1.807) is 0 Å². The molecule has 3 atom stereocenters. The lowest BCUT2D eigenvalue weighted by Gasteiger charge is -2.37. The number of aromatic nitrogens is 2. The van der Waals surface area contributed by atoms with Crippen molar-refractivity contribution in [3.63, 3.8) is 0 Å². The van der Waals surface area contributed by atoms with Gasteiger partial charge in [0.25, 0.3) is 0 Å². The Labute approximate surface area is 210 Å². The Balaban J connectivity index is 1.32. The maximum absolute atomic E-state index is 12.4. The van der Waals surface area contributed by atoms with Crippen molar-refractivity contribution in [2.24, 2.45) is 0 Å². The molecule has 2 aliphatic rings. The van der Waals surface area contributed by atoms with Crippen LogP contribution in [0.4, 0.5) is 11.6 Å². The number of piperidine rings is 1. The standard InChI is InChI=1S/C27H31N7O2/c1-2-6-21-27(35)33-22-14-11-18(15-34(21)22)32-26-23(25(29)30-16-31-26)24(28)17-9-12-20(13-10-17)36-19-7-4-3-5-8-19/h3-5,7-10,12-13,16,18,21-22,28H,2,6,11,14-15H2,1H3,(H,33,35)(H3,29,30,31,32). The molecule has 0 aliphatic carbocycles. The number of nitrogens with zero attached hydrogens (tertiary/aromatic N) is 3. The van der Waals surface area contributed by atoms with E-state index in [1.165, 1.54) is 6.33 Å². The molecule has 2 saturated heterocycles. The molecule has 186 valence electrons. The highest BCUT2D eigenvalue weighted by atomic mass is 16.5. The van der Waals surface area contributed by atoms with Crippen molar-refractivity contribution in [3.8, 4) is 11.5 Å². The van der Waals surface area contributed by atoms with Gasteiger partial charge in [0.1, 0.15) is 29.5 Å². The number of ether oxygens (including phenoxy) is 1. The third kappa shape index (κ3) is 4.87. The Hall–Kier alpha value is -3.98. The number of benzene rings is 2. The van der Waals surface area contributed by atoms with Crippen LogP contribution in [-0.2, 0) is 4.79 Å². The monoisotopic (exact) mass is 485 g/mol. The fourth-order valence-electron chi connectivity index (χ4n) is 5.00. The van der Waals surface area contributed by atoms with Crippen LogP contribution in [0.25, 0.3) is 0 Å². The van der Waals surface area contributed by atoms with Crippen LogP contribution < -0.4 is 21.1 Å². The Morgan fingerprint density at radius 3 is 2.64 bits per heavy atom. The summed E-state index contributed by atoms with van der Waals surface area (Å²) in [5, 5.41) is 15.5. The summed E-state index contributed by atoms with van der Waals surface area (Å²) < 4.78 is 5.87. The molecule has 3 aromatic rings. The Morgan fingerprint density at radius 2 is 1.89 bits per heavy atom. The number of rotatable bonds is 8. The fourth-order valence-corrected chi connectivity index (χ4v) is 5.00. The van der Waals surface area contributed by atoms with E-state index in [0.717, 1.165) is 38.0 Å². The number of amides is 1. The first-order valence-electron chi connectivity index (χ1n) is 12.4. The van der Waals surface area contributed by atoms with Crippen LogP contribution in [0.5, 0.6) is 11.5 Å². The largest absolute Gasteiger partial charge is 0.457 e. The number of fused-ring (bicyclic) bond motifs is 1. The molecule has 3 heterocycles. The lowest BCUT2D eigenvalue weighted by atomic mass is 10.00. The summed E-state index contributed by atoms with van der Waals surface area (Å²) in [5.41, 5.74) is 7.63. The average Bonchev–Trinajstić information content (AvgIpc) is 3.19. The normalized spacial score (nSPS) is 21.5. The summed E-state index contributed by atoms with van der Waals surface area (Å²) in [4.78, 5) is 23.3. The van der Waals surface area contributed by atoms with Gasteiger partial charge < -0.3 is 21.1 Å². The zero-order valence-corrected chi connectivity index (χ0v) is 20.3. The first-order valence-corrected chi connectivity index (χ1v) is 12.4. The Kier molecular flexibility index (Phi) is 6.81. The van der Waals surface area contributed by atoms with Crippen LogP contribution in [0, 0.1) is 5.41 Å². The number of para-hydroxylation sites is 1. The molecule has 1 amide bonds. The predicted molar refractivity (Wildman–Crippen MR) is 139 cm³/mol.